The third-order valence-electron chi connectivity index (χ3n) is 4.91. The number of pyridine rings is 1. The van der Waals surface area contributed by atoms with Gasteiger partial charge in [-0.25, -0.2) is 14.5 Å². The molecule has 7 nitrogen and oxygen atoms in total. The number of hydrogen-bond acceptors (Lipinski definition) is 6. The number of nitrogens with one attached hydrogen (secondary N) is 1. The zero-order chi connectivity index (χ0) is 18.1. The van der Waals surface area contributed by atoms with Crippen LogP contribution in [0.15, 0.2) is 36.7 Å². The number of nitrogens with zero attached hydrogens (tertiary/aromatic N) is 5. The second-order valence-electron chi connectivity index (χ2n) is 7.08. The topological polar surface area (TPSA) is 78.6 Å². The van der Waals surface area contributed by atoms with E-state index in [-0.39, 0.29) is 6.10 Å². The Morgan fingerprint density at radius 3 is 2.54 bits per heavy atom. The van der Waals surface area contributed by atoms with E-state index in [4.69, 9.17) is 5.10 Å². The van der Waals surface area contributed by atoms with Gasteiger partial charge in [-0.3, -0.25) is 0 Å². The highest BCUT2D eigenvalue weighted by Gasteiger charge is 2.19. The van der Waals surface area contributed by atoms with Crippen molar-refractivity contribution in [2.75, 3.05) is 24.3 Å². The zero-order valence-electron chi connectivity index (χ0n) is 15.1. The summed E-state index contributed by atoms with van der Waals surface area (Å²) in [6.07, 6.45) is 7.15. The predicted octanol–water partition coefficient (Wildman–Crippen LogP) is 2.57. The van der Waals surface area contributed by atoms with Gasteiger partial charge in [0.1, 0.15) is 11.6 Å². The monoisotopic (exact) mass is 352 g/mol. The van der Waals surface area contributed by atoms with Crippen LogP contribution in [0.4, 0.5) is 11.6 Å². The number of hydrogen-bond donors (Lipinski definition) is 2. The van der Waals surface area contributed by atoms with E-state index in [1.54, 1.807) is 0 Å². The maximum absolute atomic E-state index is 9.66. The van der Waals surface area contributed by atoms with Crippen LogP contribution in [-0.2, 0) is 0 Å². The van der Waals surface area contributed by atoms with E-state index in [1.807, 2.05) is 60.2 Å². The van der Waals surface area contributed by atoms with Crippen molar-refractivity contribution in [3.8, 4) is 11.3 Å². The number of rotatable bonds is 4. The van der Waals surface area contributed by atoms with Gasteiger partial charge in [-0.2, -0.15) is 0 Å². The van der Waals surface area contributed by atoms with E-state index in [1.165, 1.54) is 0 Å². The van der Waals surface area contributed by atoms with Gasteiger partial charge in [0.05, 0.1) is 18.0 Å². The highest BCUT2D eigenvalue weighted by atomic mass is 16.3. The molecule has 1 saturated carbocycles. The molecule has 2 N–H and O–H groups in total. The van der Waals surface area contributed by atoms with Gasteiger partial charge in [0.2, 0.25) is 0 Å². The molecule has 0 bridgehead atoms. The smallest absolute Gasteiger partial charge is 0.154 e. The fraction of sp³-hybridized carbons (Fsp3) is 0.421. The summed E-state index contributed by atoms with van der Waals surface area (Å²) in [4.78, 5) is 10.9. The van der Waals surface area contributed by atoms with Crippen molar-refractivity contribution in [2.24, 2.45) is 0 Å². The Kier molecular flexibility index (Phi) is 4.46. The lowest BCUT2D eigenvalue weighted by atomic mass is 9.93. The maximum atomic E-state index is 9.66. The molecule has 1 aliphatic carbocycles. The van der Waals surface area contributed by atoms with E-state index < -0.39 is 0 Å². The minimum Gasteiger partial charge on any atom is -0.393 e. The molecule has 0 radical (unpaired) electrons. The van der Waals surface area contributed by atoms with Gasteiger partial charge in [-0.1, -0.05) is 0 Å². The molecular weight excluding hydrogens is 328 g/mol. The molecule has 136 valence electrons. The van der Waals surface area contributed by atoms with Crippen molar-refractivity contribution in [1.82, 2.24) is 19.6 Å². The van der Waals surface area contributed by atoms with Crippen LogP contribution in [-0.4, -0.2) is 50.9 Å². The number of aliphatic hydroxyl groups is 1. The van der Waals surface area contributed by atoms with E-state index in [0.717, 1.165) is 54.2 Å². The van der Waals surface area contributed by atoms with Crippen molar-refractivity contribution in [3.05, 3.63) is 36.7 Å². The Balaban J connectivity index is 1.60. The first-order valence-corrected chi connectivity index (χ1v) is 9.03. The fourth-order valence-corrected chi connectivity index (χ4v) is 3.38. The Bertz CT molecular complexity index is 881. The lowest BCUT2D eigenvalue weighted by molar-refractivity contribution is 0.126. The van der Waals surface area contributed by atoms with Gasteiger partial charge in [-0.15, -0.1) is 5.10 Å². The molecule has 3 heterocycles. The first-order valence-electron chi connectivity index (χ1n) is 9.03. The molecular formula is C19H24N6O. The number of aliphatic hydroxyl groups excluding tert-OH is 1. The summed E-state index contributed by atoms with van der Waals surface area (Å²) in [5.41, 5.74) is 2.70. The zero-order valence-corrected chi connectivity index (χ0v) is 15.1. The lowest BCUT2D eigenvalue weighted by Crippen LogP contribution is -2.28. The third kappa shape index (κ3) is 3.35. The maximum Gasteiger partial charge on any atom is 0.154 e. The molecule has 1 aliphatic rings. The average molecular weight is 352 g/mol. The van der Waals surface area contributed by atoms with Crippen LogP contribution in [0.3, 0.4) is 0 Å². The molecule has 7 heteroatoms. The molecule has 0 saturated heterocycles. The van der Waals surface area contributed by atoms with E-state index in [9.17, 15) is 5.11 Å². The molecule has 3 aromatic heterocycles. The summed E-state index contributed by atoms with van der Waals surface area (Å²) in [5, 5.41) is 17.9. The third-order valence-corrected chi connectivity index (χ3v) is 4.91. The number of fused-ring (bicyclic) bond motifs is 1. The second-order valence-corrected chi connectivity index (χ2v) is 7.08. The molecule has 4 rings (SSSR count). The van der Waals surface area contributed by atoms with Gasteiger partial charge in [0.25, 0.3) is 0 Å². The van der Waals surface area contributed by atoms with Crippen molar-refractivity contribution in [2.45, 2.75) is 37.8 Å². The van der Waals surface area contributed by atoms with Crippen LogP contribution in [0.25, 0.3) is 16.9 Å². The summed E-state index contributed by atoms with van der Waals surface area (Å²) >= 11 is 0. The van der Waals surface area contributed by atoms with Gasteiger partial charge < -0.3 is 15.3 Å². The van der Waals surface area contributed by atoms with Gasteiger partial charge in [0.15, 0.2) is 5.65 Å². The molecule has 26 heavy (non-hydrogen) atoms. The molecule has 0 aliphatic heterocycles. The summed E-state index contributed by atoms with van der Waals surface area (Å²) in [5.74, 6) is 1.74. The standard InChI is InChI=1S/C19H24N6O/c1-24(2)18-9-3-13(11-20-18)16-12-21-19-10-8-17(23-25(16)19)22-14-4-6-15(26)7-5-14/h3,8-12,14-15,26H,4-7H2,1-2H3,(H,22,23)/t14-,15-. The Morgan fingerprint density at radius 1 is 1.04 bits per heavy atom. The van der Waals surface area contributed by atoms with E-state index in [0.29, 0.717) is 6.04 Å². The van der Waals surface area contributed by atoms with Crippen molar-refractivity contribution >= 4 is 17.3 Å². The number of imidazole rings is 1. The predicted molar refractivity (Wildman–Crippen MR) is 102 cm³/mol. The molecule has 3 aromatic rings. The first-order chi connectivity index (χ1) is 12.6. The number of aromatic nitrogens is 4. The molecule has 0 aromatic carbocycles. The summed E-state index contributed by atoms with van der Waals surface area (Å²) < 4.78 is 1.85. The van der Waals surface area contributed by atoms with Crippen LogP contribution >= 0.6 is 0 Å². The molecule has 0 unspecified atom stereocenters. The quantitative estimate of drug-likeness (QED) is 0.751. The summed E-state index contributed by atoms with van der Waals surface area (Å²) in [7, 11) is 3.94. The van der Waals surface area contributed by atoms with Crippen LogP contribution in [0.2, 0.25) is 0 Å². The van der Waals surface area contributed by atoms with Crippen LogP contribution in [0, 0.1) is 0 Å². The van der Waals surface area contributed by atoms with Gasteiger partial charge >= 0.3 is 0 Å². The Labute approximate surface area is 152 Å². The van der Waals surface area contributed by atoms with Crippen molar-refractivity contribution in [3.63, 3.8) is 0 Å². The SMILES string of the molecule is CN(C)c1ccc(-c2cnc3ccc(N[C@H]4CC[C@H](O)CC4)nn23)cn1. The van der Waals surface area contributed by atoms with Crippen LogP contribution in [0.1, 0.15) is 25.7 Å². The van der Waals surface area contributed by atoms with Crippen molar-refractivity contribution in [1.29, 1.82) is 0 Å². The molecule has 0 atom stereocenters. The molecule has 0 amide bonds. The largest absolute Gasteiger partial charge is 0.393 e. The van der Waals surface area contributed by atoms with Crippen LogP contribution in [0.5, 0.6) is 0 Å². The average Bonchev–Trinajstić information content (AvgIpc) is 3.07. The minimum absolute atomic E-state index is 0.152. The normalized spacial score (nSPS) is 20.3. The first kappa shape index (κ1) is 16.8. The highest BCUT2D eigenvalue weighted by molar-refractivity contribution is 5.64. The second kappa shape index (κ2) is 6.92. The minimum atomic E-state index is -0.152. The summed E-state index contributed by atoms with van der Waals surface area (Å²) in [6, 6.07) is 8.32. The Morgan fingerprint density at radius 2 is 1.85 bits per heavy atom. The van der Waals surface area contributed by atoms with Crippen LogP contribution < -0.4 is 10.2 Å². The van der Waals surface area contributed by atoms with Crippen molar-refractivity contribution < 1.29 is 5.11 Å². The number of anilines is 2. The fourth-order valence-electron chi connectivity index (χ4n) is 3.38. The van der Waals surface area contributed by atoms with Gasteiger partial charge in [-0.05, 0) is 49.9 Å². The molecule has 1 fully saturated rings. The van der Waals surface area contributed by atoms with E-state index in [2.05, 4.69) is 15.3 Å². The summed E-state index contributed by atoms with van der Waals surface area (Å²) in [6.45, 7) is 0. The Hall–Kier alpha value is -2.67. The molecule has 0 spiro atoms. The highest BCUT2D eigenvalue weighted by Crippen LogP contribution is 2.24. The van der Waals surface area contributed by atoms with E-state index >= 15 is 0 Å². The lowest BCUT2D eigenvalue weighted by Gasteiger charge is -2.26. The van der Waals surface area contributed by atoms with Gasteiger partial charge in [0, 0.05) is 31.9 Å².